The van der Waals surface area contributed by atoms with E-state index in [1.165, 1.54) is 0 Å². The maximum absolute atomic E-state index is 10.5. The Morgan fingerprint density at radius 3 is 2.56 bits per heavy atom. The third-order valence-corrected chi connectivity index (χ3v) is 1.59. The van der Waals surface area contributed by atoms with Gasteiger partial charge in [-0.15, -0.1) is 0 Å². The van der Waals surface area contributed by atoms with Crippen molar-refractivity contribution in [3.63, 3.8) is 0 Å². The van der Waals surface area contributed by atoms with Crippen LogP contribution in [0.5, 0.6) is 0 Å². The molecule has 1 aliphatic rings. The van der Waals surface area contributed by atoms with Crippen LogP contribution < -0.4 is 0 Å². The van der Waals surface area contributed by atoms with E-state index in [1.54, 1.807) is 0 Å². The molecule has 1 fully saturated rings. The summed E-state index contributed by atoms with van der Waals surface area (Å²) >= 11 is 0. The van der Waals surface area contributed by atoms with Crippen LogP contribution in [0.15, 0.2) is 0 Å². The molecule has 0 spiro atoms. The van der Waals surface area contributed by atoms with Crippen LogP contribution in [-0.2, 0) is 9.59 Å². The summed E-state index contributed by atoms with van der Waals surface area (Å²) in [6.07, 6.45) is 1.24. The van der Waals surface area contributed by atoms with Crippen LogP contribution in [0, 0.1) is 5.92 Å². The second-order valence-corrected chi connectivity index (χ2v) is 2.32. The second-order valence-electron chi connectivity index (χ2n) is 2.32. The van der Waals surface area contributed by atoms with Gasteiger partial charge < -0.3 is 5.11 Å². The van der Waals surface area contributed by atoms with Gasteiger partial charge in [0, 0.05) is 12.8 Å². The van der Waals surface area contributed by atoms with Crippen LogP contribution in [0.4, 0.5) is 0 Å². The summed E-state index contributed by atoms with van der Waals surface area (Å²) in [6.45, 7) is 0. The molecule has 0 aliphatic heterocycles. The Balaban J connectivity index is 2.48. The van der Waals surface area contributed by atoms with Crippen molar-refractivity contribution < 1.29 is 14.7 Å². The van der Waals surface area contributed by atoms with Gasteiger partial charge >= 0.3 is 5.97 Å². The molecule has 0 amide bonds. The topological polar surface area (TPSA) is 54.4 Å². The third-order valence-electron chi connectivity index (χ3n) is 1.59. The Labute approximate surface area is 52.7 Å². The van der Waals surface area contributed by atoms with Crippen molar-refractivity contribution in [3.8, 4) is 0 Å². The number of ketones is 1. The minimum atomic E-state index is -0.833. The van der Waals surface area contributed by atoms with Crippen molar-refractivity contribution in [3.05, 3.63) is 0 Å². The summed E-state index contributed by atoms with van der Waals surface area (Å²) in [7, 11) is 0. The Kier molecular flexibility index (Phi) is 1.51. The minimum absolute atomic E-state index is 0.0856. The number of carbonyl (C=O) groups is 2. The molecule has 1 rings (SSSR count). The predicted octanol–water partition coefficient (Wildman–Crippen LogP) is 0.440. The molecule has 3 nitrogen and oxygen atoms in total. The van der Waals surface area contributed by atoms with Gasteiger partial charge in [0.2, 0.25) is 0 Å². The number of aliphatic carboxylic acids is 1. The lowest BCUT2D eigenvalue weighted by Crippen LogP contribution is -2.09. The fourth-order valence-electron chi connectivity index (χ4n) is 1.02. The van der Waals surface area contributed by atoms with Gasteiger partial charge in [-0.25, -0.2) is 0 Å². The molecule has 0 bridgehead atoms. The molecule has 9 heavy (non-hydrogen) atoms. The van der Waals surface area contributed by atoms with E-state index in [0.29, 0.717) is 12.8 Å². The van der Waals surface area contributed by atoms with Gasteiger partial charge in [-0.1, -0.05) is 0 Å². The van der Waals surface area contributed by atoms with E-state index in [2.05, 4.69) is 0 Å². The number of hydrogen-bond donors (Lipinski definition) is 1. The largest absolute Gasteiger partial charge is 0.481 e. The van der Waals surface area contributed by atoms with E-state index < -0.39 is 11.9 Å². The molecule has 1 saturated carbocycles. The van der Waals surface area contributed by atoms with Crippen LogP contribution in [0.1, 0.15) is 19.3 Å². The average Bonchev–Trinajstić information content (AvgIpc) is 2.14. The smallest absolute Gasteiger partial charge is 0.306 e. The fraction of sp³-hybridized carbons (Fsp3) is 0.667. The molecule has 0 aromatic heterocycles. The lowest BCUT2D eigenvalue weighted by Gasteiger charge is -1.96. The quantitative estimate of drug-likeness (QED) is 0.557. The number of Topliss-reactive ketones (excluding diaryl/α,β-unsaturated/α-hetero) is 1. The van der Waals surface area contributed by atoms with E-state index in [1.807, 2.05) is 0 Å². The molecule has 1 aliphatic carbocycles. The molecule has 0 radical (unpaired) electrons. The van der Waals surface area contributed by atoms with Gasteiger partial charge in [0.1, 0.15) is 5.78 Å². The van der Waals surface area contributed by atoms with E-state index in [9.17, 15) is 9.59 Å². The highest BCUT2D eigenvalue weighted by molar-refractivity contribution is 5.87. The number of carboxylic acids is 1. The zero-order valence-corrected chi connectivity index (χ0v) is 4.96. The molecule has 1 N–H and O–H groups in total. The molecule has 0 saturated heterocycles. The molecule has 50 valence electrons. The van der Waals surface area contributed by atoms with Crippen LogP contribution >= 0.6 is 0 Å². The molecule has 1 atom stereocenters. The summed E-state index contributed by atoms with van der Waals surface area (Å²) in [4.78, 5) is 20.7. The lowest BCUT2D eigenvalue weighted by atomic mass is 10.1. The van der Waals surface area contributed by atoms with Gasteiger partial charge in [-0.05, 0) is 6.42 Å². The van der Waals surface area contributed by atoms with Crippen molar-refractivity contribution >= 4 is 11.8 Å². The van der Waals surface area contributed by atoms with Crippen molar-refractivity contribution in [2.24, 2.45) is 5.92 Å². The number of carboxylic acid groups (broad SMARTS) is 1. The lowest BCUT2D eigenvalue weighted by molar-refractivity contribution is -0.142. The van der Waals surface area contributed by atoms with Crippen LogP contribution in [0.3, 0.4) is 0 Å². The van der Waals surface area contributed by atoms with E-state index in [-0.39, 0.29) is 12.2 Å². The van der Waals surface area contributed by atoms with Crippen molar-refractivity contribution in [1.29, 1.82) is 0 Å². The maximum atomic E-state index is 10.5. The Bertz CT molecular complexity index is 150. The molecular weight excluding hydrogens is 120 g/mol. The number of carbonyl (C=O) groups excluding carboxylic acids is 1. The molecule has 0 heterocycles. The van der Waals surface area contributed by atoms with Crippen LogP contribution in [0.25, 0.3) is 0 Å². The maximum Gasteiger partial charge on any atom is 0.306 e. The SMILES string of the molecule is O=C1CC[C@@H](C(=O)O)C1. The molecule has 0 aromatic carbocycles. The van der Waals surface area contributed by atoms with Crippen LogP contribution in [0.2, 0.25) is 0 Å². The first kappa shape index (κ1) is 6.26. The van der Waals surface area contributed by atoms with E-state index >= 15 is 0 Å². The third kappa shape index (κ3) is 1.28. The predicted molar refractivity (Wildman–Crippen MR) is 30.0 cm³/mol. The first-order chi connectivity index (χ1) is 4.20. The van der Waals surface area contributed by atoms with Crippen molar-refractivity contribution in [2.45, 2.75) is 19.3 Å². The van der Waals surface area contributed by atoms with Gasteiger partial charge in [-0.3, -0.25) is 9.59 Å². The fourth-order valence-corrected chi connectivity index (χ4v) is 1.02. The number of rotatable bonds is 1. The van der Waals surface area contributed by atoms with Gasteiger partial charge in [-0.2, -0.15) is 0 Å². The Morgan fingerprint density at radius 1 is 1.67 bits per heavy atom. The second kappa shape index (κ2) is 2.17. The first-order valence-electron chi connectivity index (χ1n) is 2.94. The summed E-state index contributed by atoms with van der Waals surface area (Å²) < 4.78 is 0. The van der Waals surface area contributed by atoms with Crippen LogP contribution in [-0.4, -0.2) is 16.9 Å². The summed E-state index contributed by atoms with van der Waals surface area (Å²) in [5.41, 5.74) is 0. The summed E-state index contributed by atoms with van der Waals surface area (Å²) in [5, 5.41) is 8.38. The highest BCUT2D eigenvalue weighted by Gasteiger charge is 2.27. The Hall–Kier alpha value is -0.860. The van der Waals surface area contributed by atoms with Gasteiger partial charge in [0.05, 0.1) is 5.92 Å². The summed E-state index contributed by atoms with van der Waals surface area (Å²) in [6, 6.07) is 0. The monoisotopic (exact) mass is 128 g/mol. The molecule has 0 aromatic rings. The number of hydrogen-bond acceptors (Lipinski definition) is 2. The minimum Gasteiger partial charge on any atom is -0.481 e. The van der Waals surface area contributed by atoms with Gasteiger partial charge in [0.15, 0.2) is 0 Å². The highest BCUT2D eigenvalue weighted by atomic mass is 16.4. The molecule has 3 heteroatoms. The zero-order chi connectivity index (χ0) is 6.85. The van der Waals surface area contributed by atoms with E-state index in [0.717, 1.165) is 0 Å². The normalized spacial score (nSPS) is 26.7. The zero-order valence-electron chi connectivity index (χ0n) is 4.96. The van der Waals surface area contributed by atoms with Crippen molar-refractivity contribution in [1.82, 2.24) is 0 Å². The molecule has 0 unspecified atom stereocenters. The first-order valence-corrected chi connectivity index (χ1v) is 2.94. The van der Waals surface area contributed by atoms with E-state index in [4.69, 9.17) is 5.11 Å². The molecular formula is C6H8O3. The average molecular weight is 128 g/mol. The Morgan fingerprint density at radius 2 is 2.33 bits per heavy atom. The van der Waals surface area contributed by atoms with Crippen molar-refractivity contribution in [2.75, 3.05) is 0 Å². The highest BCUT2D eigenvalue weighted by Crippen LogP contribution is 2.21. The summed E-state index contributed by atoms with van der Waals surface area (Å²) in [5.74, 6) is -1.14. The van der Waals surface area contributed by atoms with Gasteiger partial charge in [0.25, 0.3) is 0 Å². The standard InChI is InChI=1S/C6H8O3/c7-5-2-1-4(3-5)6(8)9/h4H,1-3H2,(H,8,9)/t4-/m1/s1.